The molecule has 0 radical (unpaired) electrons. The topological polar surface area (TPSA) is 49.6 Å². The lowest BCUT2D eigenvalue weighted by Gasteiger charge is -2.44. The third kappa shape index (κ3) is 2.69. The Morgan fingerprint density at radius 3 is 2.74 bits per heavy atom. The van der Waals surface area contributed by atoms with Crippen LogP contribution in [-0.4, -0.2) is 41.4 Å². The number of hydrogen-bond donors (Lipinski definition) is 1. The fraction of sp³-hybridized carbons (Fsp3) is 0.500. The van der Waals surface area contributed by atoms with Crippen molar-refractivity contribution in [2.75, 3.05) is 25.9 Å². The van der Waals surface area contributed by atoms with E-state index in [0.717, 1.165) is 18.7 Å². The number of anilines is 1. The van der Waals surface area contributed by atoms with E-state index in [2.05, 4.69) is 4.90 Å². The maximum absolute atomic E-state index is 12.2. The molecular formula is C14H20ClN3O. The van der Waals surface area contributed by atoms with Gasteiger partial charge in [-0.15, -0.1) is 0 Å². The zero-order valence-corrected chi connectivity index (χ0v) is 12.4. The van der Waals surface area contributed by atoms with E-state index in [-0.39, 0.29) is 5.91 Å². The first-order valence-corrected chi connectivity index (χ1v) is 6.74. The highest BCUT2D eigenvalue weighted by atomic mass is 35.5. The molecule has 0 saturated carbocycles. The van der Waals surface area contributed by atoms with Crippen molar-refractivity contribution in [1.82, 2.24) is 9.80 Å². The van der Waals surface area contributed by atoms with E-state index in [1.807, 2.05) is 27.0 Å². The van der Waals surface area contributed by atoms with Gasteiger partial charge in [-0.1, -0.05) is 11.6 Å². The molecule has 0 bridgehead atoms. The van der Waals surface area contributed by atoms with Crippen LogP contribution in [0.2, 0.25) is 5.02 Å². The molecule has 1 aromatic rings. The van der Waals surface area contributed by atoms with E-state index in [0.29, 0.717) is 17.3 Å². The van der Waals surface area contributed by atoms with Crippen molar-refractivity contribution in [3.8, 4) is 0 Å². The fourth-order valence-electron chi connectivity index (χ4n) is 2.45. The van der Waals surface area contributed by atoms with Crippen LogP contribution < -0.4 is 5.73 Å². The predicted octanol–water partition coefficient (Wildman–Crippen LogP) is 1.97. The van der Waals surface area contributed by atoms with Gasteiger partial charge in [-0.05, 0) is 37.6 Å². The molecule has 1 amide bonds. The number of nitrogen functional groups attached to an aromatic ring is 1. The Morgan fingerprint density at radius 2 is 2.05 bits per heavy atom. The van der Waals surface area contributed by atoms with Crippen molar-refractivity contribution in [3.63, 3.8) is 0 Å². The summed E-state index contributed by atoms with van der Waals surface area (Å²) < 4.78 is 0. The van der Waals surface area contributed by atoms with E-state index >= 15 is 0 Å². The lowest BCUT2D eigenvalue weighted by atomic mass is 9.97. The van der Waals surface area contributed by atoms with E-state index in [1.54, 1.807) is 17.0 Å². The van der Waals surface area contributed by atoms with Gasteiger partial charge in [-0.2, -0.15) is 0 Å². The van der Waals surface area contributed by atoms with Gasteiger partial charge in [0.2, 0.25) is 5.91 Å². The molecule has 0 unspecified atom stereocenters. The lowest BCUT2D eigenvalue weighted by Crippen LogP contribution is -2.61. The summed E-state index contributed by atoms with van der Waals surface area (Å²) in [7, 11) is 1.84. The van der Waals surface area contributed by atoms with Crippen LogP contribution in [0.5, 0.6) is 0 Å². The second-order valence-corrected chi connectivity index (χ2v) is 5.97. The molecule has 2 N–H and O–H groups in total. The van der Waals surface area contributed by atoms with Gasteiger partial charge >= 0.3 is 0 Å². The number of rotatable bonds is 2. The number of nitrogens with zero attached hydrogens (tertiary/aromatic N) is 2. The van der Waals surface area contributed by atoms with Crippen LogP contribution in [0.25, 0.3) is 0 Å². The first-order chi connectivity index (χ1) is 8.82. The summed E-state index contributed by atoms with van der Waals surface area (Å²) in [4.78, 5) is 16.1. The van der Waals surface area contributed by atoms with Crippen LogP contribution >= 0.6 is 11.6 Å². The first kappa shape index (κ1) is 14.2. The molecule has 5 heteroatoms. The lowest BCUT2D eigenvalue weighted by molar-refractivity contribution is -0.147. The minimum atomic E-state index is -0.513. The Bertz CT molecular complexity index is 501. The summed E-state index contributed by atoms with van der Waals surface area (Å²) in [6, 6.07) is 5.46. The van der Waals surface area contributed by atoms with Gasteiger partial charge < -0.3 is 10.6 Å². The fourth-order valence-corrected chi connectivity index (χ4v) is 2.63. The Hall–Kier alpha value is -1.26. The predicted molar refractivity (Wildman–Crippen MR) is 78.0 cm³/mol. The van der Waals surface area contributed by atoms with E-state index in [4.69, 9.17) is 17.3 Å². The second kappa shape index (κ2) is 5.02. The molecule has 2 rings (SSSR count). The number of benzene rings is 1. The molecule has 1 heterocycles. The van der Waals surface area contributed by atoms with Crippen molar-refractivity contribution in [2.24, 2.45) is 0 Å². The number of halogens is 1. The number of amides is 1. The summed E-state index contributed by atoms with van der Waals surface area (Å²) in [5.74, 6) is 0.138. The summed E-state index contributed by atoms with van der Waals surface area (Å²) >= 11 is 6.20. The average molecular weight is 282 g/mol. The highest BCUT2D eigenvalue weighted by Gasteiger charge is 2.40. The van der Waals surface area contributed by atoms with Gasteiger partial charge in [0.05, 0.1) is 5.54 Å². The zero-order chi connectivity index (χ0) is 14.2. The molecule has 0 spiro atoms. The van der Waals surface area contributed by atoms with Gasteiger partial charge in [0.25, 0.3) is 0 Å². The van der Waals surface area contributed by atoms with E-state index in [9.17, 15) is 4.79 Å². The monoisotopic (exact) mass is 281 g/mol. The van der Waals surface area contributed by atoms with Crippen molar-refractivity contribution in [2.45, 2.75) is 25.9 Å². The normalized spacial score (nSPS) is 19.8. The van der Waals surface area contributed by atoms with Crippen LogP contribution in [0.1, 0.15) is 19.4 Å². The largest absolute Gasteiger partial charge is 0.399 e. The molecule has 1 aliphatic rings. The molecule has 1 saturated heterocycles. The molecule has 104 valence electrons. The summed E-state index contributed by atoms with van der Waals surface area (Å²) in [5, 5.41) is 0.691. The smallest absolute Gasteiger partial charge is 0.242 e. The molecule has 1 fully saturated rings. The van der Waals surface area contributed by atoms with Gasteiger partial charge in [-0.3, -0.25) is 9.69 Å². The van der Waals surface area contributed by atoms with Crippen molar-refractivity contribution in [1.29, 1.82) is 0 Å². The number of carbonyl (C=O) groups excluding carboxylic acids is 1. The summed E-state index contributed by atoms with van der Waals surface area (Å²) in [6.45, 7) is 6.11. The maximum atomic E-state index is 12.2. The minimum absolute atomic E-state index is 0.138. The van der Waals surface area contributed by atoms with Crippen LogP contribution in [0.15, 0.2) is 18.2 Å². The summed E-state index contributed by atoms with van der Waals surface area (Å²) in [6.07, 6.45) is 0. The molecular weight excluding hydrogens is 262 g/mol. The number of carbonyl (C=O) groups is 1. The Morgan fingerprint density at radius 1 is 1.37 bits per heavy atom. The Labute approximate surface area is 119 Å². The number of hydrogen-bond acceptors (Lipinski definition) is 3. The quantitative estimate of drug-likeness (QED) is 0.844. The van der Waals surface area contributed by atoms with Crippen molar-refractivity contribution in [3.05, 3.63) is 28.8 Å². The third-order valence-electron chi connectivity index (χ3n) is 3.80. The number of nitrogens with two attached hydrogens (primary N) is 1. The highest BCUT2D eigenvalue weighted by Crippen LogP contribution is 2.27. The van der Waals surface area contributed by atoms with Crippen LogP contribution in [-0.2, 0) is 11.3 Å². The molecule has 4 nitrogen and oxygen atoms in total. The molecule has 19 heavy (non-hydrogen) atoms. The molecule has 1 aliphatic heterocycles. The minimum Gasteiger partial charge on any atom is -0.399 e. The van der Waals surface area contributed by atoms with E-state index in [1.165, 1.54) is 0 Å². The summed E-state index contributed by atoms with van der Waals surface area (Å²) in [5.41, 5.74) is 6.94. The van der Waals surface area contributed by atoms with Gasteiger partial charge in [0.1, 0.15) is 0 Å². The maximum Gasteiger partial charge on any atom is 0.242 e. The molecule has 0 aromatic heterocycles. The Kier molecular flexibility index (Phi) is 3.74. The van der Waals surface area contributed by atoms with Crippen molar-refractivity contribution < 1.29 is 4.79 Å². The van der Waals surface area contributed by atoms with Crippen molar-refractivity contribution >= 4 is 23.2 Å². The third-order valence-corrected chi connectivity index (χ3v) is 4.17. The zero-order valence-electron chi connectivity index (χ0n) is 11.6. The van der Waals surface area contributed by atoms with Crippen LogP contribution in [0.4, 0.5) is 5.69 Å². The Balaban J connectivity index is 2.23. The number of likely N-dealkylation sites (N-methyl/N-ethyl adjacent to an activating group) is 1. The van der Waals surface area contributed by atoms with Gasteiger partial charge in [0.15, 0.2) is 0 Å². The standard InChI is InChI=1S/C14H20ClN3O/c1-14(2)13(19)17(3)6-7-18(14)9-10-8-11(16)4-5-12(10)15/h4-5,8H,6-7,9,16H2,1-3H3. The molecule has 1 aromatic carbocycles. The van der Waals surface area contributed by atoms with E-state index < -0.39 is 5.54 Å². The first-order valence-electron chi connectivity index (χ1n) is 6.37. The van der Waals surface area contributed by atoms with Gasteiger partial charge in [0, 0.05) is 37.4 Å². The molecule has 0 aliphatic carbocycles. The van der Waals surface area contributed by atoms with Gasteiger partial charge in [-0.25, -0.2) is 0 Å². The average Bonchev–Trinajstić information content (AvgIpc) is 2.35. The molecule has 0 atom stereocenters. The van der Waals surface area contributed by atoms with Crippen LogP contribution in [0.3, 0.4) is 0 Å². The SMILES string of the molecule is CN1CCN(Cc2cc(N)ccc2Cl)C(C)(C)C1=O. The highest BCUT2D eigenvalue weighted by molar-refractivity contribution is 6.31. The van der Waals surface area contributed by atoms with Crippen LogP contribution in [0, 0.1) is 0 Å². The number of piperazine rings is 1. The second-order valence-electron chi connectivity index (χ2n) is 5.56.